The highest BCUT2D eigenvalue weighted by molar-refractivity contribution is 9.12. The summed E-state index contributed by atoms with van der Waals surface area (Å²) in [5.41, 5.74) is 1.31. The number of ether oxygens (including phenoxy) is 1. The Bertz CT molecular complexity index is 964. The van der Waals surface area contributed by atoms with Gasteiger partial charge in [-0.15, -0.1) is 0 Å². The Labute approximate surface area is 226 Å². The first kappa shape index (κ1) is 31.8. The van der Waals surface area contributed by atoms with E-state index in [0.717, 1.165) is 18.4 Å². The van der Waals surface area contributed by atoms with E-state index in [1.807, 2.05) is 13.8 Å². The average molecular weight is 582 g/mol. The Kier molecular flexibility index (Phi) is 14.2. The third kappa shape index (κ3) is 13.1. The Morgan fingerprint density at radius 3 is 2.16 bits per heavy atom. The maximum Gasteiger partial charge on any atom is 0.302 e. The van der Waals surface area contributed by atoms with Crippen LogP contribution >= 0.6 is 15.9 Å². The van der Waals surface area contributed by atoms with Crippen molar-refractivity contribution >= 4 is 51.2 Å². The maximum atomic E-state index is 12.8. The number of nitrogens with one attached hydrogen (secondary N) is 4. The molecule has 0 spiro atoms. The summed E-state index contributed by atoms with van der Waals surface area (Å²) < 4.78 is 5.20. The number of hydrogen-bond acceptors (Lipinski definition) is 6. The predicted octanol–water partition coefficient (Wildman–Crippen LogP) is 2.92. The van der Waals surface area contributed by atoms with Crippen molar-refractivity contribution in [1.29, 1.82) is 0 Å². The van der Waals surface area contributed by atoms with Gasteiger partial charge in [0.15, 0.2) is 0 Å². The predicted molar refractivity (Wildman–Crippen MR) is 144 cm³/mol. The number of anilines is 1. The third-order valence-corrected chi connectivity index (χ3v) is 5.65. The number of esters is 1. The van der Waals surface area contributed by atoms with Gasteiger partial charge >= 0.3 is 5.97 Å². The largest absolute Gasteiger partial charge is 0.461 e. The minimum atomic E-state index is -0.836. The zero-order valence-corrected chi connectivity index (χ0v) is 23.4. The number of carbonyl (C=O) groups excluding carboxylic acids is 5. The molecule has 4 N–H and O–H groups in total. The minimum Gasteiger partial charge on any atom is -0.461 e. The van der Waals surface area contributed by atoms with Crippen molar-refractivity contribution in [1.82, 2.24) is 16.0 Å². The van der Waals surface area contributed by atoms with Gasteiger partial charge in [-0.3, -0.25) is 24.0 Å². The van der Waals surface area contributed by atoms with E-state index in [2.05, 4.69) is 43.8 Å². The smallest absolute Gasteiger partial charge is 0.302 e. The zero-order valence-electron chi connectivity index (χ0n) is 21.8. The molecule has 0 aromatic heterocycles. The lowest BCUT2D eigenvalue weighted by atomic mass is 10.0. The van der Waals surface area contributed by atoms with Gasteiger partial charge in [-0.2, -0.15) is 0 Å². The van der Waals surface area contributed by atoms with Gasteiger partial charge in [0.05, 0.1) is 4.48 Å². The summed E-state index contributed by atoms with van der Waals surface area (Å²) in [4.78, 5) is 60.0. The Hall–Kier alpha value is -3.21. The van der Waals surface area contributed by atoms with E-state index < -0.39 is 23.9 Å². The van der Waals surface area contributed by atoms with E-state index in [-0.39, 0.29) is 41.2 Å². The molecule has 204 valence electrons. The summed E-state index contributed by atoms with van der Waals surface area (Å²) in [7, 11) is 0. The summed E-state index contributed by atoms with van der Waals surface area (Å²) in [6.45, 7) is 10.6. The second kappa shape index (κ2) is 16.5. The third-order valence-electron chi connectivity index (χ3n) is 5.29. The van der Waals surface area contributed by atoms with Crippen molar-refractivity contribution in [2.24, 2.45) is 5.92 Å². The van der Waals surface area contributed by atoms with E-state index in [9.17, 15) is 24.0 Å². The number of hydrogen-bond donors (Lipinski definition) is 4. The van der Waals surface area contributed by atoms with Crippen molar-refractivity contribution in [3.05, 3.63) is 40.9 Å². The van der Waals surface area contributed by atoms with E-state index in [4.69, 9.17) is 4.74 Å². The van der Waals surface area contributed by atoms with Crippen LogP contribution in [0.15, 0.2) is 35.3 Å². The van der Waals surface area contributed by atoms with Crippen LogP contribution in [-0.4, -0.2) is 48.2 Å². The van der Waals surface area contributed by atoms with Crippen molar-refractivity contribution < 1.29 is 28.7 Å². The monoisotopic (exact) mass is 580 g/mol. The molecular weight excluding hydrogens is 544 g/mol. The Morgan fingerprint density at radius 1 is 0.946 bits per heavy atom. The fourth-order valence-corrected chi connectivity index (χ4v) is 3.29. The van der Waals surface area contributed by atoms with Gasteiger partial charge in [0, 0.05) is 25.6 Å². The summed E-state index contributed by atoms with van der Waals surface area (Å²) in [6.07, 6.45) is 2.32. The second-order valence-electron chi connectivity index (χ2n) is 8.96. The Morgan fingerprint density at radius 2 is 1.59 bits per heavy atom. The molecule has 2 atom stereocenters. The van der Waals surface area contributed by atoms with Gasteiger partial charge < -0.3 is 26.0 Å². The van der Waals surface area contributed by atoms with Crippen LogP contribution in [0.3, 0.4) is 0 Å². The van der Waals surface area contributed by atoms with Crippen molar-refractivity contribution in [2.75, 3.05) is 11.9 Å². The molecule has 0 saturated heterocycles. The maximum absolute atomic E-state index is 12.8. The molecule has 10 nitrogen and oxygen atoms in total. The number of benzene rings is 1. The van der Waals surface area contributed by atoms with Gasteiger partial charge in [0.2, 0.25) is 17.7 Å². The first-order valence-electron chi connectivity index (χ1n) is 12.2. The summed E-state index contributed by atoms with van der Waals surface area (Å²) in [5, 5.41) is 10.8. The first-order valence-corrected chi connectivity index (χ1v) is 13.0. The molecule has 0 saturated carbocycles. The number of unbranched alkanes of at least 4 members (excludes halogenated alkanes) is 2. The molecule has 0 fully saturated rings. The van der Waals surface area contributed by atoms with Gasteiger partial charge in [-0.1, -0.05) is 39.0 Å². The molecule has 1 rings (SSSR count). The van der Waals surface area contributed by atoms with Crippen molar-refractivity contribution in [3.8, 4) is 0 Å². The normalized spacial score (nSPS) is 12.2. The lowest BCUT2D eigenvalue weighted by molar-refractivity contribution is -0.142. The number of halogens is 1. The standard InChI is InChI=1S/C26H37BrN4O6/c1-16(2)23(31-22(33)9-7-6-8-14-28-24(34)17(3)27)26(36)29-18(4)25(35)30-21-12-10-20(11-13-21)15-37-19(5)32/h10-13,16,18,23H,3,6-9,14-15H2,1-2,4-5H3,(H,28,34)(H,29,36)(H,30,35)(H,31,33)/t18-,23-/m0/s1. The molecule has 11 heteroatoms. The van der Waals surface area contributed by atoms with Crippen LogP contribution < -0.4 is 21.3 Å². The van der Waals surface area contributed by atoms with Crippen LogP contribution in [0.4, 0.5) is 5.69 Å². The molecule has 0 bridgehead atoms. The van der Waals surface area contributed by atoms with Crippen LogP contribution in [0, 0.1) is 5.92 Å². The van der Waals surface area contributed by atoms with Gasteiger partial charge in [-0.25, -0.2) is 0 Å². The fourth-order valence-electron chi connectivity index (χ4n) is 3.15. The molecule has 1 aromatic rings. The highest BCUT2D eigenvalue weighted by Gasteiger charge is 2.26. The molecule has 0 aliphatic carbocycles. The number of amides is 4. The molecule has 0 heterocycles. The highest BCUT2D eigenvalue weighted by atomic mass is 79.9. The summed E-state index contributed by atoms with van der Waals surface area (Å²) in [6, 6.07) is 5.18. The highest BCUT2D eigenvalue weighted by Crippen LogP contribution is 2.11. The SMILES string of the molecule is C=C(Br)C(=O)NCCCCCC(=O)N[C@H](C(=O)N[C@@H](C)C(=O)Nc1ccc(COC(C)=O)cc1)C(C)C. The van der Waals surface area contributed by atoms with Gasteiger partial charge in [0.1, 0.15) is 18.7 Å². The molecule has 0 aliphatic rings. The van der Waals surface area contributed by atoms with Crippen molar-refractivity contribution in [3.63, 3.8) is 0 Å². The molecule has 1 aromatic carbocycles. The van der Waals surface area contributed by atoms with E-state index >= 15 is 0 Å². The summed E-state index contributed by atoms with van der Waals surface area (Å²) >= 11 is 3.01. The first-order chi connectivity index (χ1) is 17.4. The molecular formula is C26H37BrN4O6. The van der Waals surface area contributed by atoms with Crippen LogP contribution in [0.1, 0.15) is 58.9 Å². The molecule has 0 radical (unpaired) electrons. The number of carbonyl (C=O) groups is 5. The average Bonchev–Trinajstić information content (AvgIpc) is 2.83. The topological polar surface area (TPSA) is 143 Å². The van der Waals surface area contributed by atoms with E-state index in [0.29, 0.717) is 18.7 Å². The van der Waals surface area contributed by atoms with Crippen molar-refractivity contribution in [2.45, 2.75) is 72.1 Å². The summed E-state index contributed by atoms with van der Waals surface area (Å²) in [5.74, 6) is -1.93. The quantitative estimate of drug-likeness (QED) is 0.143. The Balaban J connectivity index is 2.47. The van der Waals surface area contributed by atoms with Crippen LogP contribution in [0.5, 0.6) is 0 Å². The lowest BCUT2D eigenvalue weighted by Crippen LogP contribution is -2.53. The van der Waals surface area contributed by atoms with Crippen LogP contribution in [0.2, 0.25) is 0 Å². The lowest BCUT2D eigenvalue weighted by Gasteiger charge is -2.24. The van der Waals surface area contributed by atoms with Crippen LogP contribution in [-0.2, 0) is 35.3 Å². The fraction of sp³-hybridized carbons (Fsp3) is 0.500. The van der Waals surface area contributed by atoms with Gasteiger partial charge in [0.25, 0.3) is 5.91 Å². The zero-order chi connectivity index (χ0) is 28.0. The molecule has 0 unspecified atom stereocenters. The van der Waals surface area contributed by atoms with Crippen LogP contribution in [0.25, 0.3) is 0 Å². The van der Waals surface area contributed by atoms with E-state index in [1.165, 1.54) is 6.92 Å². The molecule has 37 heavy (non-hydrogen) atoms. The number of rotatable bonds is 15. The molecule has 0 aliphatic heterocycles. The van der Waals surface area contributed by atoms with Gasteiger partial charge in [-0.05, 0) is 59.3 Å². The minimum absolute atomic E-state index is 0.143. The molecule has 4 amide bonds. The van der Waals surface area contributed by atoms with E-state index in [1.54, 1.807) is 31.2 Å². The second-order valence-corrected chi connectivity index (χ2v) is 9.91.